The number of nitrogens with zero attached hydrogens (tertiary/aromatic N) is 2. The van der Waals surface area contributed by atoms with Crippen molar-refractivity contribution in [2.45, 2.75) is 0 Å². The van der Waals surface area contributed by atoms with Gasteiger partial charge >= 0.3 is 0 Å². The zero-order valence-corrected chi connectivity index (χ0v) is 13.5. The largest absolute Gasteiger partial charge is 0.321 e. The number of aromatic amines is 1. The van der Waals surface area contributed by atoms with Crippen molar-refractivity contribution in [3.63, 3.8) is 0 Å². The molecule has 6 heteroatoms. The van der Waals surface area contributed by atoms with Crippen molar-refractivity contribution in [1.82, 2.24) is 15.2 Å². The van der Waals surface area contributed by atoms with Crippen molar-refractivity contribution in [2.24, 2.45) is 0 Å². The monoisotopic (exact) mass is 340 g/mol. The van der Waals surface area contributed by atoms with Crippen molar-refractivity contribution in [3.8, 4) is 11.3 Å². The van der Waals surface area contributed by atoms with E-state index >= 15 is 0 Å². The first-order valence-electron chi connectivity index (χ1n) is 8.10. The fourth-order valence-corrected chi connectivity index (χ4v) is 3.39. The Morgan fingerprint density at radius 3 is 2.58 bits per heavy atom. The van der Waals surface area contributed by atoms with E-state index in [0.717, 1.165) is 16.6 Å². The number of H-pyrrole nitrogens is 1. The minimum Gasteiger partial charge on any atom is -0.321 e. The maximum atomic E-state index is 13.1. The number of benzene rings is 2. The third kappa shape index (κ3) is 1.99. The van der Waals surface area contributed by atoms with E-state index in [1.807, 2.05) is 24.3 Å². The molecule has 2 N–H and O–H groups in total. The van der Waals surface area contributed by atoms with E-state index in [2.05, 4.69) is 20.5 Å². The Kier molecular flexibility index (Phi) is 2.99. The smallest absolute Gasteiger partial charge is 0.255 e. The summed E-state index contributed by atoms with van der Waals surface area (Å²) in [6.07, 6.45) is 3.11. The molecule has 2 heterocycles. The van der Waals surface area contributed by atoms with Crippen LogP contribution in [0.1, 0.15) is 26.3 Å². The number of fused-ring (bicyclic) bond motifs is 2. The van der Waals surface area contributed by atoms with Crippen molar-refractivity contribution >= 4 is 28.3 Å². The zero-order chi connectivity index (χ0) is 17.7. The number of pyridine rings is 1. The van der Waals surface area contributed by atoms with Gasteiger partial charge in [0.05, 0.1) is 16.8 Å². The molecule has 1 aliphatic carbocycles. The van der Waals surface area contributed by atoms with Gasteiger partial charge in [-0.1, -0.05) is 24.3 Å². The summed E-state index contributed by atoms with van der Waals surface area (Å²) in [6.45, 7) is 0. The van der Waals surface area contributed by atoms with Gasteiger partial charge in [-0.3, -0.25) is 19.7 Å². The first-order valence-corrected chi connectivity index (χ1v) is 8.10. The summed E-state index contributed by atoms with van der Waals surface area (Å²) >= 11 is 0. The molecule has 1 aliphatic rings. The highest BCUT2D eigenvalue weighted by molar-refractivity contribution is 6.27. The SMILES string of the molecule is O=C(Nc1cccc2c1C(=O)c1cccc3[nH]nc-2c13)c1ccncc1. The van der Waals surface area contributed by atoms with Gasteiger partial charge in [0, 0.05) is 34.5 Å². The molecule has 6 nitrogen and oxygen atoms in total. The van der Waals surface area contributed by atoms with E-state index in [4.69, 9.17) is 0 Å². The number of anilines is 1. The van der Waals surface area contributed by atoms with Crippen molar-refractivity contribution in [2.75, 3.05) is 5.32 Å². The first-order chi connectivity index (χ1) is 12.7. The van der Waals surface area contributed by atoms with Gasteiger partial charge in [-0.25, -0.2) is 0 Å². The molecule has 26 heavy (non-hydrogen) atoms. The van der Waals surface area contributed by atoms with Gasteiger partial charge in [0.25, 0.3) is 5.91 Å². The Balaban J connectivity index is 1.67. The molecule has 2 aromatic heterocycles. The van der Waals surface area contributed by atoms with Crippen molar-refractivity contribution in [1.29, 1.82) is 0 Å². The molecule has 0 aliphatic heterocycles. The molecule has 0 radical (unpaired) electrons. The van der Waals surface area contributed by atoms with Crippen LogP contribution in [0, 0.1) is 0 Å². The molecule has 0 saturated carbocycles. The minimum atomic E-state index is -0.292. The van der Waals surface area contributed by atoms with E-state index in [-0.39, 0.29) is 11.7 Å². The molecule has 0 unspecified atom stereocenters. The van der Waals surface area contributed by atoms with E-state index in [1.165, 1.54) is 0 Å². The highest BCUT2D eigenvalue weighted by Crippen LogP contribution is 2.40. The van der Waals surface area contributed by atoms with Crippen LogP contribution in [0.25, 0.3) is 22.2 Å². The molecule has 0 fully saturated rings. The molecule has 4 aromatic rings. The average molecular weight is 340 g/mol. The van der Waals surface area contributed by atoms with Gasteiger partial charge in [-0.05, 0) is 24.3 Å². The molecule has 124 valence electrons. The highest BCUT2D eigenvalue weighted by Gasteiger charge is 2.29. The predicted octanol–water partition coefficient (Wildman–Crippen LogP) is 3.42. The number of hydrogen-bond acceptors (Lipinski definition) is 4. The van der Waals surface area contributed by atoms with Gasteiger partial charge < -0.3 is 5.32 Å². The van der Waals surface area contributed by atoms with Crippen LogP contribution in [0.15, 0.2) is 60.9 Å². The lowest BCUT2D eigenvalue weighted by molar-refractivity contribution is 0.102. The number of hydrogen-bond donors (Lipinski definition) is 2. The molecule has 1 amide bonds. The van der Waals surface area contributed by atoms with Crippen LogP contribution < -0.4 is 5.32 Å². The number of carbonyl (C=O) groups excluding carboxylic acids is 2. The van der Waals surface area contributed by atoms with Gasteiger partial charge in [0.15, 0.2) is 5.78 Å². The lowest BCUT2D eigenvalue weighted by Crippen LogP contribution is -2.17. The van der Waals surface area contributed by atoms with Crippen LogP contribution in [0.3, 0.4) is 0 Å². The highest BCUT2D eigenvalue weighted by atomic mass is 16.1. The van der Waals surface area contributed by atoms with E-state index in [0.29, 0.717) is 27.9 Å². The van der Waals surface area contributed by atoms with Crippen LogP contribution in [0.5, 0.6) is 0 Å². The third-order valence-corrected chi connectivity index (χ3v) is 4.57. The first kappa shape index (κ1) is 14.5. The number of rotatable bonds is 2. The molecule has 2 aromatic carbocycles. The maximum Gasteiger partial charge on any atom is 0.255 e. The Morgan fingerprint density at radius 1 is 0.962 bits per heavy atom. The summed E-state index contributed by atoms with van der Waals surface area (Å²) in [5, 5.41) is 11.0. The standard InChI is InChI=1S/C20H12N4O2/c25-19-13-4-2-6-15-16(13)18(24-23-15)12-3-1-5-14(17(12)19)22-20(26)11-7-9-21-10-8-11/h1-10H,(H,22,26)(H,23,24). The third-order valence-electron chi connectivity index (χ3n) is 4.57. The van der Waals surface area contributed by atoms with E-state index in [9.17, 15) is 9.59 Å². The number of amides is 1. The Morgan fingerprint density at radius 2 is 1.73 bits per heavy atom. The second kappa shape index (κ2) is 5.35. The fraction of sp³-hybridized carbons (Fsp3) is 0. The molecule has 0 saturated heterocycles. The summed E-state index contributed by atoms with van der Waals surface area (Å²) in [5.41, 5.74) is 4.26. The molecular formula is C20H12N4O2. The Bertz CT molecular complexity index is 1200. The number of ketones is 1. The maximum absolute atomic E-state index is 13.1. The quantitative estimate of drug-likeness (QED) is 0.515. The second-order valence-corrected chi connectivity index (χ2v) is 6.05. The molecule has 5 rings (SSSR count). The summed E-state index contributed by atoms with van der Waals surface area (Å²) in [6, 6.07) is 14.1. The lowest BCUT2D eigenvalue weighted by Gasteiger charge is -2.18. The summed E-state index contributed by atoms with van der Waals surface area (Å²) < 4.78 is 0. The van der Waals surface area contributed by atoms with Gasteiger partial charge in [0.1, 0.15) is 5.69 Å². The van der Waals surface area contributed by atoms with Crippen LogP contribution >= 0.6 is 0 Å². The number of aromatic nitrogens is 3. The van der Waals surface area contributed by atoms with Crippen LogP contribution in [0.2, 0.25) is 0 Å². The molecular weight excluding hydrogens is 328 g/mol. The predicted molar refractivity (Wildman–Crippen MR) is 97.2 cm³/mol. The summed E-state index contributed by atoms with van der Waals surface area (Å²) in [4.78, 5) is 29.6. The van der Waals surface area contributed by atoms with Crippen molar-refractivity contribution in [3.05, 3.63) is 77.6 Å². The summed E-state index contributed by atoms with van der Waals surface area (Å²) in [5.74, 6) is -0.412. The van der Waals surface area contributed by atoms with Crippen LogP contribution in [0.4, 0.5) is 5.69 Å². The normalized spacial score (nSPS) is 12.1. The second-order valence-electron chi connectivity index (χ2n) is 6.05. The summed E-state index contributed by atoms with van der Waals surface area (Å²) in [7, 11) is 0. The Labute approximate surface area is 147 Å². The van der Waals surface area contributed by atoms with E-state index in [1.54, 1.807) is 36.7 Å². The molecule has 0 bridgehead atoms. The van der Waals surface area contributed by atoms with Crippen LogP contribution in [-0.4, -0.2) is 26.9 Å². The number of carbonyl (C=O) groups is 2. The van der Waals surface area contributed by atoms with Gasteiger partial charge in [-0.2, -0.15) is 5.10 Å². The van der Waals surface area contributed by atoms with E-state index < -0.39 is 0 Å². The fourth-order valence-electron chi connectivity index (χ4n) is 3.39. The topological polar surface area (TPSA) is 87.7 Å². The Hall–Kier alpha value is -3.80. The number of nitrogens with one attached hydrogen (secondary N) is 2. The van der Waals surface area contributed by atoms with Gasteiger partial charge in [-0.15, -0.1) is 0 Å². The van der Waals surface area contributed by atoms with Gasteiger partial charge in [0.2, 0.25) is 0 Å². The van der Waals surface area contributed by atoms with Crippen molar-refractivity contribution < 1.29 is 9.59 Å². The molecule has 0 spiro atoms. The minimum absolute atomic E-state index is 0.120. The lowest BCUT2D eigenvalue weighted by atomic mass is 9.86. The van der Waals surface area contributed by atoms with Crippen LogP contribution in [-0.2, 0) is 0 Å². The average Bonchev–Trinajstić information content (AvgIpc) is 3.12. The molecule has 0 atom stereocenters. The zero-order valence-electron chi connectivity index (χ0n) is 13.5.